The van der Waals surface area contributed by atoms with Gasteiger partial charge in [-0.2, -0.15) is 0 Å². The first-order valence-corrected chi connectivity index (χ1v) is 7.69. The van der Waals surface area contributed by atoms with E-state index in [1.165, 1.54) is 0 Å². The number of carbonyl (C=O) groups excluding carboxylic acids is 1. The van der Waals surface area contributed by atoms with Crippen LogP contribution in [0.4, 0.5) is 0 Å². The van der Waals surface area contributed by atoms with Crippen LogP contribution in [0.3, 0.4) is 0 Å². The lowest BCUT2D eigenvalue weighted by molar-refractivity contribution is 0.0953. The number of nitrogens with one attached hydrogen (secondary N) is 2. The van der Waals surface area contributed by atoms with Gasteiger partial charge in [-0.3, -0.25) is 4.79 Å². The summed E-state index contributed by atoms with van der Waals surface area (Å²) in [5.41, 5.74) is 8.77. The number of carbonyl (C=O) groups is 1. The van der Waals surface area contributed by atoms with Crippen LogP contribution in [0.1, 0.15) is 37.0 Å². The first kappa shape index (κ1) is 18.8. The lowest BCUT2D eigenvalue weighted by Gasteiger charge is -2.23. The van der Waals surface area contributed by atoms with E-state index in [9.17, 15) is 4.79 Å². The number of hydrogen-bond donors (Lipinski definition) is 2. The van der Waals surface area contributed by atoms with Crippen molar-refractivity contribution in [2.45, 2.75) is 32.2 Å². The maximum Gasteiger partial charge on any atom is 0.251 e. The zero-order valence-electron chi connectivity index (χ0n) is 14.0. The maximum absolute atomic E-state index is 11.9. The Bertz CT molecular complexity index is 536. The number of benzene rings is 1. The average Bonchev–Trinajstić information content (AvgIpc) is 2.55. The summed E-state index contributed by atoms with van der Waals surface area (Å²) in [7, 11) is 1.93. The van der Waals surface area contributed by atoms with Crippen molar-refractivity contribution in [2.24, 2.45) is 5.11 Å². The van der Waals surface area contributed by atoms with Crippen LogP contribution in [0.5, 0.6) is 5.75 Å². The highest BCUT2D eigenvalue weighted by Crippen LogP contribution is 2.14. The van der Waals surface area contributed by atoms with Crippen molar-refractivity contribution in [3.05, 3.63) is 40.3 Å². The second-order valence-electron chi connectivity index (χ2n) is 5.82. The molecule has 1 aromatic carbocycles. The highest BCUT2D eigenvalue weighted by molar-refractivity contribution is 5.94. The summed E-state index contributed by atoms with van der Waals surface area (Å²) in [6.45, 7) is 5.71. The van der Waals surface area contributed by atoms with E-state index in [-0.39, 0.29) is 11.4 Å². The van der Waals surface area contributed by atoms with E-state index in [1.807, 2.05) is 7.05 Å². The van der Waals surface area contributed by atoms with E-state index >= 15 is 0 Å². The molecule has 0 aliphatic carbocycles. The maximum atomic E-state index is 11.9. The number of ether oxygens (including phenoxy) is 1. The quantitative estimate of drug-likeness (QED) is 0.300. The average molecular weight is 319 g/mol. The van der Waals surface area contributed by atoms with E-state index in [0.29, 0.717) is 31.7 Å². The summed E-state index contributed by atoms with van der Waals surface area (Å²) in [6.07, 6.45) is 1.51. The van der Waals surface area contributed by atoms with Gasteiger partial charge < -0.3 is 15.4 Å². The van der Waals surface area contributed by atoms with Gasteiger partial charge in [0.1, 0.15) is 5.75 Å². The van der Waals surface area contributed by atoms with Crippen LogP contribution in [0.15, 0.2) is 29.4 Å². The Labute approximate surface area is 137 Å². The summed E-state index contributed by atoms with van der Waals surface area (Å²) < 4.78 is 5.69. The monoisotopic (exact) mass is 319 g/mol. The topological polar surface area (TPSA) is 99.1 Å². The minimum atomic E-state index is -0.145. The summed E-state index contributed by atoms with van der Waals surface area (Å²) in [5, 5.41) is 9.41. The Morgan fingerprint density at radius 2 is 2.04 bits per heavy atom. The van der Waals surface area contributed by atoms with E-state index in [4.69, 9.17) is 10.3 Å². The van der Waals surface area contributed by atoms with E-state index in [0.717, 1.165) is 12.2 Å². The molecule has 0 spiro atoms. The Hall–Kier alpha value is -2.24. The van der Waals surface area contributed by atoms with Gasteiger partial charge in [-0.15, -0.1) is 0 Å². The molecule has 7 nitrogen and oxygen atoms in total. The Morgan fingerprint density at radius 1 is 1.35 bits per heavy atom. The van der Waals surface area contributed by atoms with Gasteiger partial charge in [0.05, 0.1) is 6.61 Å². The molecule has 0 saturated heterocycles. The largest absolute Gasteiger partial charge is 0.494 e. The minimum Gasteiger partial charge on any atom is -0.494 e. The minimum absolute atomic E-state index is 0.0371. The molecule has 0 unspecified atom stereocenters. The fraction of sp³-hybridized carbons (Fsp3) is 0.562. The summed E-state index contributed by atoms with van der Waals surface area (Å²) in [5.74, 6) is 0.602. The van der Waals surface area contributed by atoms with Crippen molar-refractivity contribution in [1.29, 1.82) is 0 Å². The molecule has 2 N–H and O–H groups in total. The summed E-state index contributed by atoms with van der Waals surface area (Å²) in [6, 6.07) is 7.06. The zero-order valence-corrected chi connectivity index (χ0v) is 14.0. The highest BCUT2D eigenvalue weighted by atomic mass is 16.5. The van der Waals surface area contributed by atoms with Gasteiger partial charge >= 0.3 is 0 Å². The second kappa shape index (κ2) is 9.71. The van der Waals surface area contributed by atoms with Gasteiger partial charge in [0.2, 0.25) is 0 Å². The molecule has 1 amide bonds. The highest BCUT2D eigenvalue weighted by Gasteiger charge is 2.14. The molecular formula is C16H25N5O2. The zero-order chi connectivity index (χ0) is 17.1. The summed E-state index contributed by atoms with van der Waals surface area (Å²) >= 11 is 0. The molecule has 0 aromatic heterocycles. The fourth-order valence-corrected chi connectivity index (χ4v) is 1.75. The molecule has 7 heteroatoms. The molecule has 0 saturated carbocycles. The van der Waals surface area contributed by atoms with Crippen LogP contribution in [0.25, 0.3) is 10.4 Å². The third-order valence-corrected chi connectivity index (χ3v) is 3.57. The number of rotatable bonds is 10. The van der Waals surface area contributed by atoms with Crippen molar-refractivity contribution >= 4 is 5.91 Å². The molecule has 0 aliphatic rings. The van der Waals surface area contributed by atoms with Gasteiger partial charge in [0, 0.05) is 29.1 Å². The molecule has 0 heterocycles. The Kier molecular flexibility index (Phi) is 7.94. The summed E-state index contributed by atoms with van der Waals surface area (Å²) in [4.78, 5) is 14.6. The predicted molar refractivity (Wildman–Crippen MR) is 90.7 cm³/mol. The van der Waals surface area contributed by atoms with Crippen LogP contribution < -0.4 is 15.4 Å². The first-order chi connectivity index (χ1) is 11.0. The van der Waals surface area contributed by atoms with Crippen molar-refractivity contribution in [3.63, 3.8) is 0 Å². The number of amides is 1. The van der Waals surface area contributed by atoms with E-state index < -0.39 is 0 Å². The van der Waals surface area contributed by atoms with E-state index in [2.05, 4.69) is 34.5 Å². The SMILES string of the molecule is CNC(C)(C)CCOc1ccc(C(=O)NCCCN=[N+]=[N-])cc1. The van der Waals surface area contributed by atoms with Crippen molar-refractivity contribution in [1.82, 2.24) is 10.6 Å². The van der Waals surface area contributed by atoms with Gasteiger partial charge in [0.25, 0.3) is 5.91 Å². The standard InChI is InChI=1S/C16H25N5O2/c1-16(2,18-3)9-12-23-14-7-5-13(6-8-14)15(22)19-10-4-11-20-21-17/h5-8,18H,4,9-12H2,1-3H3,(H,19,22). The van der Waals surface area contributed by atoms with Crippen LogP contribution in [0, 0.1) is 0 Å². The van der Waals surface area contributed by atoms with Crippen LogP contribution in [-0.2, 0) is 0 Å². The smallest absolute Gasteiger partial charge is 0.251 e. The first-order valence-electron chi connectivity index (χ1n) is 7.69. The molecule has 0 fully saturated rings. The normalized spacial score (nSPS) is 10.7. The van der Waals surface area contributed by atoms with Crippen molar-refractivity contribution in [2.75, 3.05) is 26.7 Å². The van der Waals surface area contributed by atoms with Crippen LogP contribution in [-0.4, -0.2) is 38.2 Å². The lowest BCUT2D eigenvalue weighted by atomic mass is 10.0. The number of nitrogens with zero attached hydrogens (tertiary/aromatic N) is 3. The molecule has 126 valence electrons. The van der Waals surface area contributed by atoms with Crippen molar-refractivity contribution in [3.8, 4) is 5.75 Å². The molecule has 0 aliphatic heterocycles. The van der Waals surface area contributed by atoms with Gasteiger partial charge in [-0.25, -0.2) is 0 Å². The molecule has 0 radical (unpaired) electrons. The molecule has 0 bridgehead atoms. The van der Waals surface area contributed by atoms with Gasteiger partial charge in [-0.1, -0.05) is 5.11 Å². The van der Waals surface area contributed by atoms with Crippen LogP contribution >= 0.6 is 0 Å². The Morgan fingerprint density at radius 3 is 2.65 bits per heavy atom. The second-order valence-corrected chi connectivity index (χ2v) is 5.82. The molecule has 1 aromatic rings. The van der Waals surface area contributed by atoms with E-state index in [1.54, 1.807) is 24.3 Å². The molecule has 23 heavy (non-hydrogen) atoms. The molecular weight excluding hydrogens is 294 g/mol. The molecule has 0 atom stereocenters. The van der Waals surface area contributed by atoms with Gasteiger partial charge in [-0.05, 0) is 63.5 Å². The third kappa shape index (κ3) is 7.54. The van der Waals surface area contributed by atoms with Gasteiger partial charge in [0.15, 0.2) is 0 Å². The predicted octanol–water partition coefficient (Wildman–Crippen LogP) is 2.88. The Balaban J connectivity index is 2.37. The third-order valence-electron chi connectivity index (χ3n) is 3.57. The lowest BCUT2D eigenvalue weighted by Crippen LogP contribution is -2.37. The fourth-order valence-electron chi connectivity index (χ4n) is 1.75. The number of azide groups is 1. The van der Waals surface area contributed by atoms with Crippen molar-refractivity contribution < 1.29 is 9.53 Å². The number of hydrogen-bond acceptors (Lipinski definition) is 4. The molecule has 1 rings (SSSR count). The van der Waals surface area contributed by atoms with Crippen LogP contribution in [0.2, 0.25) is 0 Å².